The van der Waals surface area contributed by atoms with Crippen molar-refractivity contribution in [1.29, 1.82) is 0 Å². The fourth-order valence-corrected chi connectivity index (χ4v) is 3.57. The predicted octanol–water partition coefficient (Wildman–Crippen LogP) is 3.96. The van der Waals surface area contributed by atoms with Gasteiger partial charge in [0.05, 0.1) is 5.69 Å². The van der Waals surface area contributed by atoms with Gasteiger partial charge in [-0.3, -0.25) is 4.98 Å². The number of benzene rings is 1. The maximum absolute atomic E-state index is 4.90. The average molecular weight is 359 g/mol. The molecule has 0 bridgehead atoms. The maximum atomic E-state index is 4.90. The average Bonchev–Trinajstić information content (AvgIpc) is 2.73. The quantitative estimate of drug-likeness (QED) is 0.747. The van der Waals surface area contributed by atoms with Gasteiger partial charge in [-0.2, -0.15) is 0 Å². The smallest absolute Gasteiger partial charge is 0.135 e. The standard InChI is InChI=1S/C22H25N5/c1-27-12-6-10-19(16-27)22-25-20(18-9-5-11-23-15-18)13-21(26-22)24-14-17-7-3-2-4-8-17/h2-5,7-9,11,13,15,19H,6,10,12,14,16H2,1H3,(H,24,25,26). The molecule has 1 saturated heterocycles. The lowest BCUT2D eigenvalue weighted by atomic mass is 9.97. The normalized spacial score (nSPS) is 17.6. The molecule has 5 heteroatoms. The van der Waals surface area contributed by atoms with Crippen molar-refractivity contribution in [2.24, 2.45) is 0 Å². The van der Waals surface area contributed by atoms with Crippen molar-refractivity contribution in [1.82, 2.24) is 19.9 Å². The Morgan fingerprint density at radius 2 is 2.00 bits per heavy atom. The van der Waals surface area contributed by atoms with E-state index >= 15 is 0 Å². The molecule has 1 unspecified atom stereocenters. The number of rotatable bonds is 5. The Kier molecular flexibility index (Phi) is 5.39. The van der Waals surface area contributed by atoms with Crippen molar-refractivity contribution < 1.29 is 0 Å². The second kappa shape index (κ2) is 8.27. The molecule has 27 heavy (non-hydrogen) atoms. The summed E-state index contributed by atoms with van der Waals surface area (Å²) in [6.45, 7) is 2.90. The number of pyridine rings is 1. The van der Waals surface area contributed by atoms with E-state index in [9.17, 15) is 0 Å². The Morgan fingerprint density at radius 3 is 2.78 bits per heavy atom. The summed E-state index contributed by atoms with van der Waals surface area (Å²) in [6, 6.07) is 16.4. The molecular formula is C22H25N5. The fraction of sp³-hybridized carbons (Fsp3) is 0.318. The molecule has 0 saturated carbocycles. The zero-order valence-electron chi connectivity index (χ0n) is 15.7. The van der Waals surface area contributed by atoms with E-state index in [1.165, 1.54) is 12.0 Å². The summed E-state index contributed by atoms with van der Waals surface area (Å²) in [5.41, 5.74) is 3.18. The molecule has 0 radical (unpaired) electrons. The van der Waals surface area contributed by atoms with E-state index in [2.05, 4.69) is 46.5 Å². The number of anilines is 1. The van der Waals surface area contributed by atoms with Crippen molar-refractivity contribution in [3.8, 4) is 11.3 Å². The summed E-state index contributed by atoms with van der Waals surface area (Å²) < 4.78 is 0. The molecule has 5 nitrogen and oxygen atoms in total. The molecule has 0 amide bonds. The van der Waals surface area contributed by atoms with Gasteiger partial charge >= 0.3 is 0 Å². The highest BCUT2D eigenvalue weighted by molar-refractivity contribution is 5.61. The largest absolute Gasteiger partial charge is 0.366 e. The van der Waals surface area contributed by atoms with Crippen LogP contribution in [0.4, 0.5) is 5.82 Å². The van der Waals surface area contributed by atoms with Gasteiger partial charge < -0.3 is 10.2 Å². The number of aromatic nitrogens is 3. The Balaban J connectivity index is 1.63. The molecule has 0 spiro atoms. The van der Waals surface area contributed by atoms with Gasteiger partial charge in [-0.1, -0.05) is 30.3 Å². The van der Waals surface area contributed by atoms with E-state index < -0.39 is 0 Å². The van der Waals surface area contributed by atoms with E-state index in [0.717, 1.165) is 49.0 Å². The SMILES string of the molecule is CN1CCCC(c2nc(NCc3ccccc3)cc(-c3cccnc3)n2)C1. The minimum Gasteiger partial charge on any atom is -0.366 e. The van der Waals surface area contributed by atoms with Crippen molar-refractivity contribution in [3.63, 3.8) is 0 Å². The van der Waals surface area contributed by atoms with Crippen molar-refractivity contribution >= 4 is 5.82 Å². The van der Waals surface area contributed by atoms with Crippen LogP contribution in [0.15, 0.2) is 60.9 Å². The Labute approximate surface area is 160 Å². The monoisotopic (exact) mass is 359 g/mol. The summed E-state index contributed by atoms with van der Waals surface area (Å²) >= 11 is 0. The van der Waals surface area contributed by atoms with Crippen LogP contribution in [0, 0.1) is 0 Å². The zero-order valence-corrected chi connectivity index (χ0v) is 15.7. The van der Waals surface area contributed by atoms with Crippen LogP contribution in [-0.2, 0) is 6.54 Å². The van der Waals surface area contributed by atoms with Crippen LogP contribution in [0.25, 0.3) is 11.3 Å². The highest BCUT2D eigenvalue weighted by Crippen LogP contribution is 2.27. The van der Waals surface area contributed by atoms with Crippen LogP contribution in [0.1, 0.15) is 30.1 Å². The molecular weight excluding hydrogens is 334 g/mol. The third-order valence-electron chi connectivity index (χ3n) is 5.01. The summed E-state index contributed by atoms with van der Waals surface area (Å²) in [5.74, 6) is 2.17. The molecule has 1 aromatic carbocycles. The summed E-state index contributed by atoms with van der Waals surface area (Å²) in [5, 5.41) is 3.48. The number of piperidine rings is 1. The zero-order chi connectivity index (χ0) is 18.5. The Morgan fingerprint density at radius 1 is 1.11 bits per heavy atom. The van der Waals surface area contributed by atoms with Crippen LogP contribution >= 0.6 is 0 Å². The number of nitrogens with one attached hydrogen (secondary N) is 1. The van der Waals surface area contributed by atoms with Crippen LogP contribution < -0.4 is 5.32 Å². The minimum atomic E-state index is 0.373. The molecule has 3 aromatic rings. The van der Waals surface area contributed by atoms with Gasteiger partial charge in [0.15, 0.2) is 0 Å². The molecule has 4 rings (SSSR count). The summed E-state index contributed by atoms with van der Waals surface area (Å²) in [4.78, 5) is 16.4. The van der Waals surface area contributed by atoms with Gasteiger partial charge in [-0.15, -0.1) is 0 Å². The third-order valence-corrected chi connectivity index (χ3v) is 5.01. The number of hydrogen-bond acceptors (Lipinski definition) is 5. The first-order valence-corrected chi connectivity index (χ1v) is 9.53. The van der Waals surface area contributed by atoms with Gasteiger partial charge in [-0.25, -0.2) is 9.97 Å². The van der Waals surface area contributed by atoms with E-state index in [0.29, 0.717) is 5.92 Å². The van der Waals surface area contributed by atoms with Crippen molar-refractivity contribution in [3.05, 3.63) is 72.3 Å². The molecule has 1 atom stereocenters. The number of likely N-dealkylation sites (tertiary alicyclic amines) is 1. The molecule has 2 aromatic heterocycles. The van der Waals surface area contributed by atoms with E-state index in [1.807, 2.05) is 30.5 Å². The van der Waals surface area contributed by atoms with Gasteiger partial charge in [-0.05, 0) is 44.1 Å². The number of nitrogens with zero attached hydrogens (tertiary/aromatic N) is 4. The second-order valence-electron chi connectivity index (χ2n) is 7.18. The number of likely N-dealkylation sites (N-methyl/N-ethyl adjacent to an activating group) is 1. The number of hydrogen-bond donors (Lipinski definition) is 1. The lowest BCUT2D eigenvalue weighted by molar-refractivity contribution is 0.246. The van der Waals surface area contributed by atoms with Crippen LogP contribution in [0.5, 0.6) is 0 Å². The topological polar surface area (TPSA) is 53.9 Å². The Bertz CT molecular complexity index is 866. The predicted molar refractivity (Wildman–Crippen MR) is 109 cm³/mol. The molecule has 1 N–H and O–H groups in total. The van der Waals surface area contributed by atoms with Gasteiger partial charge in [0, 0.05) is 43.0 Å². The van der Waals surface area contributed by atoms with Crippen LogP contribution in [0.3, 0.4) is 0 Å². The molecule has 1 aliphatic heterocycles. The fourth-order valence-electron chi connectivity index (χ4n) is 3.57. The highest BCUT2D eigenvalue weighted by atomic mass is 15.1. The van der Waals surface area contributed by atoms with Gasteiger partial charge in [0.2, 0.25) is 0 Å². The first-order chi connectivity index (χ1) is 13.3. The first-order valence-electron chi connectivity index (χ1n) is 9.53. The lowest BCUT2D eigenvalue weighted by Crippen LogP contribution is -2.31. The van der Waals surface area contributed by atoms with Gasteiger partial charge in [0.1, 0.15) is 11.6 Å². The molecule has 0 aliphatic carbocycles. The van der Waals surface area contributed by atoms with Gasteiger partial charge in [0.25, 0.3) is 0 Å². The van der Waals surface area contributed by atoms with E-state index in [-0.39, 0.29) is 0 Å². The third kappa shape index (κ3) is 4.49. The maximum Gasteiger partial charge on any atom is 0.135 e. The summed E-state index contributed by atoms with van der Waals surface area (Å²) in [7, 11) is 2.17. The van der Waals surface area contributed by atoms with Crippen LogP contribution in [0.2, 0.25) is 0 Å². The first kappa shape index (κ1) is 17.6. The van der Waals surface area contributed by atoms with Crippen molar-refractivity contribution in [2.45, 2.75) is 25.3 Å². The van der Waals surface area contributed by atoms with Crippen molar-refractivity contribution in [2.75, 3.05) is 25.5 Å². The molecule has 1 aliphatic rings. The highest BCUT2D eigenvalue weighted by Gasteiger charge is 2.22. The van der Waals surface area contributed by atoms with Crippen LogP contribution in [-0.4, -0.2) is 40.0 Å². The van der Waals surface area contributed by atoms with E-state index in [1.54, 1.807) is 6.20 Å². The molecule has 138 valence electrons. The summed E-state index contributed by atoms with van der Waals surface area (Å²) in [6.07, 6.45) is 5.98. The molecule has 3 heterocycles. The minimum absolute atomic E-state index is 0.373. The molecule has 1 fully saturated rings. The lowest BCUT2D eigenvalue weighted by Gasteiger charge is -2.29. The van der Waals surface area contributed by atoms with E-state index in [4.69, 9.17) is 9.97 Å². The Hall–Kier alpha value is -2.79. The second-order valence-corrected chi connectivity index (χ2v) is 7.18.